The second-order valence-corrected chi connectivity index (χ2v) is 8.02. The number of aryl methyl sites for hydroxylation is 1. The first-order valence-electron chi connectivity index (χ1n) is 10.5. The minimum atomic E-state index is -0.284. The van der Waals surface area contributed by atoms with Gasteiger partial charge in [0, 0.05) is 29.8 Å². The summed E-state index contributed by atoms with van der Waals surface area (Å²) in [5.74, 6) is 1.36. The Bertz CT molecular complexity index is 1580. The summed E-state index contributed by atoms with van der Waals surface area (Å²) in [6, 6.07) is 20.7. The molecular weight excluding hydrogens is 416 g/mol. The monoisotopic (exact) mass is 434 g/mol. The van der Waals surface area contributed by atoms with Crippen molar-refractivity contribution in [1.29, 1.82) is 0 Å². The number of fused-ring (bicyclic) bond motifs is 3. The molecule has 160 valence electrons. The number of carbonyl (C=O) groups is 2. The molecule has 0 radical (unpaired) electrons. The van der Waals surface area contributed by atoms with Gasteiger partial charge in [0.1, 0.15) is 22.9 Å². The fourth-order valence-corrected chi connectivity index (χ4v) is 4.35. The molecule has 1 aliphatic rings. The number of aromatic nitrogens is 2. The van der Waals surface area contributed by atoms with Crippen molar-refractivity contribution in [2.75, 3.05) is 7.11 Å². The molecule has 3 aromatic carbocycles. The van der Waals surface area contributed by atoms with E-state index in [1.165, 1.54) is 6.08 Å². The third-order valence-electron chi connectivity index (χ3n) is 6.10. The first kappa shape index (κ1) is 19.3. The zero-order valence-corrected chi connectivity index (χ0v) is 18.0. The molecule has 0 spiro atoms. The van der Waals surface area contributed by atoms with Gasteiger partial charge in [-0.05, 0) is 53.2 Å². The number of carbonyl (C=O) groups excluding carboxylic acids is 2. The van der Waals surface area contributed by atoms with Crippen LogP contribution in [0.25, 0.3) is 39.5 Å². The predicted octanol–water partition coefficient (Wildman–Crippen LogP) is 5.46. The number of allylic oxidation sites excluding steroid dienone is 1. The molecule has 1 aliphatic carbocycles. The fraction of sp³-hybridized carbons (Fsp3) is 0.0741. The maximum absolute atomic E-state index is 13.0. The summed E-state index contributed by atoms with van der Waals surface area (Å²) in [6.07, 6.45) is 1.52. The number of nitrogens with zero attached hydrogens (tertiary/aromatic N) is 2. The average molecular weight is 434 g/mol. The summed E-state index contributed by atoms with van der Waals surface area (Å²) in [5, 5.41) is 1.86. The highest BCUT2D eigenvalue weighted by Gasteiger charge is 2.33. The number of ether oxygens (including phenoxy) is 1. The lowest BCUT2D eigenvalue weighted by atomic mass is 10.0. The Morgan fingerprint density at radius 1 is 0.909 bits per heavy atom. The number of ketones is 2. The maximum atomic E-state index is 13.0. The molecule has 6 nitrogen and oxygen atoms in total. The van der Waals surface area contributed by atoms with Crippen LogP contribution in [-0.2, 0) is 7.05 Å². The molecule has 2 heterocycles. The van der Waals surface area contributed by atoms with Crippen LogP contribution in [0.1, 0.15) is 26.5 Å². The van der Waals surface area contributed by atoms with Crippen LogP contribution < -0.4 is 4.74 Å². The first-order chi connectivity index (χ1) is 16.0. The minimum absolute atomic E-state index is 0.106. The highest BCUT2D eigenvalue weighted by atomic mass is 16.5. The van der Waals surface area contributed by atoms with Gasteiger partial charge in [-0.2, -0.15) is 4.98 Å². The van der Waals surface area contributed by atoms with E-state index >= 15 is 0 Å². The largest absolute Gasteiger partial charge is 0.497 e. The van der Waals surface area contributed by atoms with E-state index in [0.29, 0.717) is 22.6 Å². The first-order valence-corrected chi connectivity index (χ1v) is 10.5. The van der Waals surface area contributed by atoms with E-state index in [1.807, 2.05) is 60.1 Å². The molecule has 0 unspecified atom stereocenters. The molecule has 0 saturated carbocycles. The number of rotatable bonds is 3. The lowest BCUT2D eigenvalue weighted by Gasteiger charge is -2.03. The van der Waals surface area contributed by atoms with Gasteiger partial charge < -0.3 is 13.7 Å². The van der Waals surface area contributed by atoms with Crippen molar-refractivity contribution in [2.45, 2.75) is 0 Å². The lowest BCUT2D eigenvalue weighted by molar-refractivity contribution is 0.0990. The van der Waals surface area contributed by atoms with Crippen molar-refractivity contribution in [2.24, 2.45) is 7.05 Å². The molecule has 6 heteroatoms. The highest BCUT2D eigenvalue weighted by molar-refractivity contribution is 6.42. The molecule has 0 fully saturated rings. The van der Waals surface area contributed by atoms with Crippen LogP contribution in [0.4, 0.5) is 0 Å². The second-order valence-electron chi connectivity index (χ2n) is 8.02. The van der Waals surface area contributed by atoms with Crippen molar-refractivity contribution in [3.63, 3.8) is 0 Å². The van der Waals surface area contributed by atoms with E-state index in [0.717, 1.165) is 33.4 Å². The predicted molar refractivity (Wildman–Crippen MR) is 126 cm³/mol. The lowest BCUT2D eigenvalue weighted by Crippen LogP contribution is -1.99. The molecule has 0 N–H and O–H groups in total. The molecule has 0 saturated heterocycles. The van der Waals surface area contributed by atoms with E-state index in [1.54, 1.807) is 25.3 Å². The van der Waals surface area contributed by atoms with Gasteiger partial charge in [-0.1, -0.05) is 24.3 Å². The van der Waals surface area contributed by atoms with Crippen molar-refractivity contribution in [3.8, 4) is 17.1 Å². The molecule has 0 atom stereocenters. The highest BCUT2D eigenvalue weighted by Crippen LogP contribution is 2.33. The number of furan rings is 1. The van der Waals surface area contributed by atoms with Crippen LogP contribution in [-0.4, -0.2) is 28.2 Å². The summed E-state index contributed by atoms with van der Waals surface area (Å²) in [5.41, 5.74) is 3.11. The summed E-state index contributed by atoms with van der Waals surface area (Å²) in [7, 11) is 3.52. The second kappa shape index (κ2) is 7.03. The molecule has 0 amide bonds. The Morgan fingerprint density at radius 2 is 1.55 bits per heavy atom. The van der Waals surface area contributed by atoms with E-state index in [2.05, 4.69) is 4.98 Å². The summed E-state index contributed by atoms with van der Waals surface area (Å²) in [6.45, 7) is 0. The van der Waals surface area contributed by atoms with Crippen LogP contribution >= 0.6 is 0 Å². The van der Waals surface area contributed by atoms with E-state index in [4.69, 9.17) is 9.15 Å². The molecule has 6 rings (SSSR count). The topological polar surface area (TPSA) is 74.3 Å². The van der Waals surface area contributed by atoms with Crippen LogP contribution in [0.5, 0.6) is 5.75 Å². The van der Waals surface area contributed by atoms with Crippen molar-refractivity contribution >= 4 is 39.6 Å². The normalized spacial score (nSPS) is 13.2. The summed E-state index contributed by atoms with van der Waals surface area (Å²) in [4.78, 5) is 30.6. The quantitative estimate of drug-likeness (QED) is 0.279. The van der Waals surface area contributed by atoms with Crippen LogP contribution in [0.2, 0.25) is 0 Å². The van der Waals surface area contributed by atoms with Gasteiger partial charge in [0.05, 0.1) is 12.7 Å². The number of hydrogen-bond acceptors (Lipinski definition) is 5. The van der Waals surface area contributed by atoms with Gasteiger partial charge in [0.15, 0.2) is 11.6 Å². The third kappa shape index (κ3) is 2.91. The van der Waals surface area contributed by atoms with Crippen molar-refractivity contribution in [1.82, 2.24) is 9.55 Å². The zero-order valence-electron chi connectivity index (χ0n) is 18.0. The van der Waals surface area contributed by atoms with Gasteiger partial charge in [-0.3, -0.25) is 9.59 Å². The van der Waals surface area contributed by atoms with Crippen LogP contribution in [0, 0.1) is 0 Å². The fourth-order valence-electron chi connectivity index (χ4n) is 4.35. The van der Waals surface area contributed by atoms with Gasteiger partial charge in [0.25, 0.3) is 0 Å². The number of hydrogen-bond donors (Lipinski definition) is 0. The molecule has 0 bridgehead atoms. The Morgan fingerprint density at radius 3 is 2.12 bits per heavy atom. The molecular formula is C27H18N2O4. The smallest absolute Gasteiger partial charge is 0.245 e. The number of benzene rings is 3. The Labute approximate surface area is 188 Å². The van der Waals surface area contributed by atoms with E-state index < -0.39 is 0 Å². The minimum Gasteiger partial charge on any atom is -0.497 e. The molecule has 33 heavy (non-hydrogen) atoms. The van der Waals surface area contributed by atoms with Crippen molar-refractivity contribution < 1.29 is 18.7 Å². The third-order valence-corrected chi connectivity index (χ3v) is 6.10. The van der Waals surface area contributed by atoms with E-state index in [-0.39, 0.29) is 17.1 Å². The summed E-state index contributed by atoms with van der Waals surface area (Å²) >= 11 is 0. The van der Waals surface area contributed by atoms with Crippen molar-refractivity contribution in [3.05, 3.63) is 89.2 Å². The number of Topliss-reactive ketones (excluding diaryl/α,β-unsaturated/α-hetero) is 2. The Balaban J connectivity index is 1.38. The van der Waals surface area contributed by atoms with E-state index in [9.17, 15) is 9.59 Å². The standard InChI is InChI=1S/C27H18N2O4/c1-29-23-14-19(33-27(23)28-26(29)15-7-9-18(32-2)10-8-15)13-22-24(30)20-11-16-5-3-4-6-17(16)12-21(20)25(22)31/h3-14H,1-2H3. The number of imidazole rings is 1. The summed E-state index contributed by atoms with van der Waals surface area (Å²) < 4.78 is 13.0. The molecule has 2 aromatic heterocycles. The van der Waals surface area contributed by atoms with Gasteiger partial charge >= 0.3 is 0 Å². The number of methoxy groups -OCH3 is 1. The van der Waals surface area contributed by atoms with Gasteiger partial charge in [-0.25, -0.2) is 0 Å². The van der Waals surface area contributed by atoms with Gasteiger partial charge in [0.2, 0.25) is 5.71 Å². The van der Waals surface area contributed by atoms with Crippen LogP contribution in [0.3, 0.4) is 0 Å². The SMILES string of the molecule is COc1ccc(-c2nc3oc(C=C4C(=O)c5cc6ccccc6cc5C4=O)cc3n2C)cc1. The maximum Gasteiger partial charge on any atom is 0.245 e. The van der Waals surface area contributed by atoms with Crippen LogP contribution in [0.15, 0.2) is 76.7 Å². The Kier molecular flexibility index (Phi) is 4.10. The zero-order chi connectivity index (χ0) is 22.7. The molecule has 5 aromatic rings. The molecule has 0 aliphatic heterocycles. The average Bonchev–Trinajstić information content (AvgIpc) is 3.45. The van der Waals surface area contributed by atoms with Gasteiger partial charge in [-0.15, -0.1) is 0 Å². The Hall–Kier alpha value is -4.45.